The normalized spacial score (nSPS) is 17.8. The van der Waals surface area contributed by atoms with Crippen LogP contribution in [0.3, 0.4) is 0 Å². The summed E-state index contributed by atoms with van der Waals surface area (Å²) in [7, 11) is 0. The van der Waals surface area contributed by atoms with Gasteiger partial charge in [0.15, 0.2) is 0 Å². The van der Waals surface area contributed by atoms with Crippen LogP contribution in [0.25, 0.3) is 0 Å². The van der Waals surface area contributed by atoms with E-state index in [1.807, 2.05) is 18.2 Å². The molecular weight excluding hydrogens is 273 g/mol. The van der Waals surface area contributed by atoms with E-state index in [1.54, 1.807) is 0 Å². The molecule has 2 rings (SSSR count). The molecule has 1 fully saturated rings. The average molecular weight is 289 g/mol. The summed E-state index contributed by atoms with van der Waals surface area (Å²) >= 11 is 9.41. The van der Waals surface area contributed by atoms with E-state index >= 15 is 0 Å². The zero-order valence-corrected chi connectivity index (χ0v) is 10.9. The topological polar surface area (TPSA) is 26.0 Å². The van der Waals surface area contributed by atoms with Gasteiger partial charge in [-0.05, 0) is 52.4 Å². The molecule has 0 heterocycles. The Morgan fingerprint density at radius 3 is 2.80 bits per heavy atom. The summed E-state index contributed by atoms with van der Waals surface area (Å²) in [6.45, 7) is 0. The molecule has 1 saturated carbocycles. The second-order valence-electron chi connectivity index (χ2n) is 4.30. The number of nitrogens with two attached hydrogens (primary N) is 1. The van der Waals surface area contributed by atoms with Crippen LogP contribution in [-0.2, 0) is 0 Å². The Labute approximate surface area is 104 Å². The van der Waals surface area contributed by atoms with E-state index in [0.717, 1.165) is 27.4 Å². The summed E-state index contributed by atoms with van der Waals surface area (Å²) in [4.78, 5) is 0. The molecule has 1 aromatic carbocycles. The van der Waals surface area contributed by atoms with Crippen LogP contribution in [0.15, 0.2) is 22.7 Å². The van der Waals surface area contributed by atoms with E-state index < -0.39 is 0 Å². The van der Waals surface area contributed by atoms with Gasteiger partial charge in [0.1, 0.15) is 0 Å². The molecule has 3 heteroatoms. The maximum absolute atomic E-state index is 6.12. The third kappa shape index (κ3) is 3.20. The summed E-state index contributed by atoms with van der Waals surface area (Å²) in [6, 6.07) is 6.11. The van der Waals surface area contributed by atoms with Crippen LogP contribution in [0.1, 0.15) is 37.3 Å². The molecule has 1 aliphatic carbocycles. The van der Waals surface area contributed by atoms with Crippen molar-refractivity contribution >= 4 is 27.5 Å². The van der Waals surface area contributed by atoms with Crippen molar-refractivity contribution in [3.63, 3.8) is 0 Å². The predicted octanol–water partition coefficient (Wildman–Crippen LogP) is 4.29. The molecule has 82 valence electrons. The first kappa shape index (κ1) is 11.4. The summed E-state index contributed by atoms with van der Waals surface area (Å²) in [5.74, 6) is 0.946. The van der Waals surface area contributed by atoms with E-state index in [9.17, 15) is 0 Å². The minimum absolute atomic E-state index is 0.135. The van der Waals surface area contributed by atoms with E-state index in [1.165, 1.54) is 19.3 Å². The van der Waals surface area contributed by atoms with E-state index in [4.69, 9.17) is 17.3 Å². The zero-order valence-electron chi connectivity index (χ0n) is 8.55. The highest BCUT2D eigenvalue weighted by molar-refractivity contribution is 9.10. The van der Waals surface area contributed by atoms with Crippen LogP contribution in [0.2, 0.25) is 5.02 Å². The van der Waals surface area contributed by atoms with Crippen LogP contribution < -0.4 is 5.73 Å². The highest BCUT2D eigenvalue weighted by atomic mass is 79.9. The van der Waals surface area contributed by atoms with Crippen molar-refractivity contribution in [1.29, 1.82) is 0 Å². The van der Waals surface area contributed by atoms with Crippen LogP contribution >= 0.6 is 27.5 Å². The van der Waals surface area contributed by atoms with Gasteiger partial charge in [-0.15, -0.1) is 0 Å². The first-order valence-electron chi connectivity index (χ1n) is 5.37. The Balaban J connectivity index is 1.97. The quantitative estimate of drug-likeness (QED) is 0.878. The fourth-order valence-corrected chi connectivity index (χ4v) is 2.17. The maximum Gasteiger partial charge on any atom is 0.0551 e. The molecule has 1 unspecified atom stereocenters. The molecule has 0 radical (unpaired) electrons. The summed E-state index contributed by atoms with van der Waals surface area (Å²) in [6.07, 6.45) is 5.12. The van der Waals surface area contributed by atoms with Gasteiger partial charge in [-0.3, -0.25) is 0 Å². The maximum atomic E-state index is 6.12. The number of hydrogen-bond donors (Lipinski definition) is 1. The lowest BCUT2D eigenvalue weighted by Crippen LogP contribution is -2.10. The van der Waals surface area contributed by atoms with Gasteiger partial charge in [-0.25, -0.2) is 0 Å². The van der Waals surface area contributed by atoms with Gasteiger partial charge in [-0.1, -0.05) is 30.5 Å². The molecule has 2 N–H and O–H groups in total. The standard InChI is InChI=1S/C12H15BrClN/c13-10-5-4-9(7-11(10)14)12(15)6-3-8-1-2-8/h4-5,7-8,12H,1-3,6,15H2. The second kappa shape index (κ2) is 4.86. The molecule has 0 aromatic heterocycles. The van der Waals surface area contributed by atoms with E-state index in [2.05, 4.69) is 15.9 Å². The molecule has 15 heavy (non-hydrogen) atoms. The van der Waals surface area contributed by atoms with Gasteiger partial charge in [0.05, 0.1) is 5.02 Å². The fourth-order valence-electron chi connectivity index (χ4n) is 1.73. The molecule has 1 nitrogen and oxygen atoms in total. The van der Waals surface area contributed by atoms with Gasteiger partial charge in [0.2, 0.25) is 0 Å². The number of benzene rings is 1. The first-order chi connectivity index (χ1) is 7.16. The number of rotatable bonds is 4. The Bertz CT molecular complexity index is 349. The van der Waals surface area contributed by atoms with Crippen molar-refractivity contribution in [3.05, 3.63) is 33.3 Å². The highest BCUT2D eigenvalue weighted by Gasteiger charge is 2.22. The lowest BCUT2D eigenvalue weighted by molar-refractivity contribution is 0.575. The Morgan fingerprint density at radius 1 is 1.47 bits per heavy atom. The number of halogens is 2. The van der Waals surface area contributed by atoms with Gasteiger partial charge >= 0.3 is 0 Å². The SMILES string of the molecule is NC(CCC1CC1)c1ccc(Br)c(Cl)c1. The Kier molecular flexibility index (Phi) is 3.70. The lowest BCUT2D eigenvalue weighted by atomic mass is 10.0. The fraction of sp³-hybridized carbons (Fsp3) is 0.500. The summed E-state index contributed by atoms with van der Waals surface area (Å²) in [5, 5.41) is 0.745. The molecular formula is C12H15BrClN. The summed E-state index contributed by atoms with van der Waals surface area (Å²) in [5.41, 5.74) is 7.26. The molecule has 0 spiro atoms. The van der Waals surface area contributed by atoms with E-state index in [-0.39, 0.29) is 6.04 Å². The summed E-state index contributed by atoms with van der Waals surface area (Å²) < 4.78 is 0.933. The monoisotopic (exact) mass is 287 g/mol. The third-order valence-electron chi connectivity index (χ3n) is 2.95. The van der Waals surface area contributed by atoms with Crippen molar-refractivity contribution in [2.24, 2.45) is 11.7 Å². The Morgan fingerprint density at radius 2 is 2.20 bits per heavy atom. The van der Waals surface area contributed by atoms with E-state index in [0.29, 0.717) is 0 Å². The minimum atomic E-state index is 0.135. The smallest absolute Gasteiger partial charge is 0.0551 e. The molecule has 1 aromatic rings. The van der Waals surface area contributed by atoms with Crippen LogP contribution in [0.4, 0.5) is 0 Å². The number of hydrogen-bond acceptors (Lipinski definition) is 1. The van der Waals surface area contributed by atoms with Crippen LogP contribution in [0.5, 0.6) is 0 Å². The molecule has 0 saturated heterocycles. The van der Waals surface area contributed by atoms with Crippen molar-refractivity contribution in [3.8, 4) is 0 Å². The first-order valence-corrected chi connectivity index (χ1v) is 6.54. The molecule has 1 aliphatic rings. The molecule has 0 amide bonds. The van der Waals surface area contributed by atoms with Crippen molar-refractivity contribution < 1.29 is 0 Å². The third-order valence-corrected chi connectivity index (χ3v) is 4.19. The molecule has 0 aliphatic heterocycles. The second-order valence-corrected chi connectivity index (χ2v) is 5.56. The minimum Gasteiger partial charge on any atom is -0.324 e. The average Bonchev–Trinajstić information content (AvgIpc) is 3.02. The van der Waals surface area contributed by atoms with Crippen molar-refractivity contribution in [2.45, 2.75) is 31.7 Å². The van der Waals surface area contributed by atoms with Gasteiger partial charge in [0.25, 0.3) is 0 Å². The molecule has 1 atom stereocenters. The highest BCUT2D eigenvalue weighted by Crippen LogP contribution is 2.36. The predicted molar refractivity (Wildman–Crippen MR) is 68.0 cm³/mol. The van der Waals surface area contributed by atoms with Gasteiger partial charge in [0, 0.05) is 10.5 Å². The zero-order chi connectivity index (χ0) is 10.8. The van der Waals surface area contributed by atoms with Crippen molar-refractivity contribution in [1.82, 2.24) is 0 Å². The largest absolute Gasteiger partial charge is 0.324 e. The van der Waals surface area contributed by atoms with Crippen molar-refractivity contribution in [2.75, 3.05) is 0 Å². The Hall–Kier alpha value is -0.0500. The van der Waals surface area contributed by atoms with Crippen LogP contribution in [0, 0.1) is 5.92 Å². The van der Waals surface area contributed by atoms with Gasteiger partial charge in [-0.2, -0.15) is 0 Å². The van der Waals surface area contributed by atoms with Gasteiger partial charge < -0.3 is 5.73 Å². The molecule has 0 bridgehead atoms. The van der Waals surface area contributed by atoms with Crippen LogP contribution in [-0.4, -0.2) is 0 Å². The lowest BCUT2D eigenvalue weighted by Gasteiger charge is -2.12.